The maximum atomic E-state index is 12.9. The molecule has 0 aliphatic rings. The van der Waals surface area contributed by atoms with Gasteiger partial charge in [0.1, 0.15) is 17.3 Å². The molecule has 1 aromatic carbocycles. The van der Waals surface area contributed by atoms with Crippen molar-refractivity contribution in [1.29, 1.82) is 0 Å². The average Bonchev–Trinajstić information content (AvgIpc) is 2.24. The van der Waals surface area contributed by atoms with E-state index in [0.29, 0.717) is 17.2 Å². The Kier molecular flexibility index (Phi) is 2.92. The molecule has 0 unspecified atom stereocenters. The highest BCUT2D eigenvalue weighted by molar-refractivity contribution is 6.30. The topological polar surface area (TPSA) is 48.1 Å². The van der Waals surface area contributed by atoms with E-state index in [2.05, 4.69) is 4.98 Å². The monoisotopic (exact) mass is 238 g/mol. The minimum absolute atomic E-state index is 0.00867. The Hall–Kier alpha value is -1.81. The van der Waals surface area contributed by atoms with Crippen LogP contribution in [0.1, 0.15) is 0 Å². The third-order valence-corrected chi connectivity index (χ3v) is 2.15. The van der Waals surface area contributed by atoms with Crippen LogP contribution < -0.4 is 10.5 Å². The van der Waals surface area contributed by atoms with Crippen LogP contribution in [0.15, 0.2) is 36.7 Å². The van der Waals surface area contributed by atoms with Gasteiger partial charge in [-0.3, -0.25) is 4.98 Å². The van der Waals surface area contributed by atoms with Crippen LogP contribution in [0.2, 0.25) is 5.02 Å². The molecule has 16 heavy (non-hydrogen) atoms. The third kappa shape index (κ3) is 2.41. The predicted octanol–water partition coefficient (Wildman–Crippen LogP) is 3.25. The normalized spacial score (nSPS) is 10.1. The summed E-state index contributed by atoms with van der Waals surface area (Å²) in [7, 11) is 0. The summed E-state index contributed by atoms with van der Waals surface area (Å²) in [6.45, 7) is 0. The molecule has 0 radical (unpaired) electrons. The first-order valence-electron chi connectivity index (χ1n) is 4.48. The Morgan fingerprint density at radius 2 is 2.00 bits per heavy atom. The quantitative estimate of drug-likeness (QED) is 0.874. The molecule has 0 amide bonds. The van der Waals surface area contributed by atoms with Gasteiger partial charge >= 0.3 is 0 Å². The van der Waals surface area contributed by atoms with E-state index in [0.717, 1.165) is 0 Å². The van der Waals surface area contributed by atoms with E-state index in [-0.39, 0.29) is 5.02 Å². The molecule has 2 aromatic rings. The fraction of sp³-hybridized carbons (Fsp3) is 0. The first-order valence-corrected chi connectivity index (χ1v) is 4.86. The van der Waals surface area contributed by atoms with E-state index < -0.39 is 5.82 Å². The predicted molar refractivity (Wildman–Crippen MR) is 60.1 cm³/mol. The molecule has 1 heterocycles. The van der Waals surface area contributed by atoms with Crippen molar-refractivity contribution in [3.63, 3.8) is 0 Å². The van der Waals surface area contributed by atoms with Crippen molar-refractivity contribution in [1.82, 2.24) is 4.98 Å². The summed E-state index contributed by atoms with van der Waals surface area (Å²) in [6.07, 6.45) is 3.01. The van der Waals surface area contributed by atoms with Gasteiger partial charge in [0.25, 0.3) is 0 Å². The molecule has 0 aliphatic heterocycles. The van der Waals surface area contributed by atoms with Crippen molar-refractivity contribution >= 4 is 17.3 Å². The van der Waals surface area contributed by atoms with Gasteiger partial charge in [-0.2, -0.15) is 0 Å². The minimum Gasteiger partial charge on any atom is -0.456 e. The van der Waals surface area contributed by atoms with E-state index in [1.54, 1.807) is 6.07 Å². The van der Waals surface area contributed by atoms with E-state index in [1.807, 2.05) is 0 Å². The molecule has 0 aliphatic carbocycles. The van der Waals surface area contributed by atoms with Crippen LogP contribution in [-0.4, -0.2) is 4.98 Å². The second-order valence-electron chi connectivity index (χ2n) is 3.13. The van der Waals surface area contributed by atoms with Crippen LogP contribution in [0.4, 0.5) is 10.1 Å². The van der Waals surface area contributed by atoms with Gasteiger partial charge in [0.15, 0.2) is 0 Å². The zero-order valence-corrected chi connectivity index (χ0v) is 8.91. The maximum absolute atomic E-state index is 12.9. The lowest BCUT2D eigenvalue weighted by atomic mass is 10.3. The molecule has 0 fully saturated rings. The van der Waals surface area contributed by atoms with Crippen molar-refractivity contribution in [3.8, 4) is 11.5 Å². The molecule has 0 saturated carbocycles. The van der Waals surface area contributed by atoms with Gasteiger partial charge in [-0.05, 0) is 12.1 Å². The lowest BCUT2D eigenvalue weighted by Gasteiger charge is -2.06. The summed E-state index contributed by atoms with van der Waals surface area (Å²) in [6, 6.07) is 5.71. The van der Waals surface area contributed by atoms with Crippen LogP contribution in [0, 0.1) is 5.82 Å². The number of hydrogen-bond acceptors (Lipinski definition) is 3. The summed E-state index contributed by atoms with van der Waals surface area (Å²) in [5.74, 6) is 0.418. The molecule has 2 N–H and O–H groups in total. The zero-order valence-electron chi connectivity index (χ0n) is 8.15. The van der Waals surface area contributed by atoms with Gasteiger partial charge in [0.05, 0.1) is 23.1 Å². The Balaban J connectivity index is 2.24. The molecule has 5 heteroatoms. The third-order valence-electron chi connectivity index (χ3n) is 1.86. The Morgan fingerprint density at radius 3 is 2.69 bits per heavy atom. The molecule has 0 spiro atoms. The van der Waals surface area contributed by atoms with Gasteiger partial charge in [0, 0.05) is 12.1 Å². The van der Waals surface area contributed by atoms with Gasteiger partial charge in [-0.15, -0.1) is 0 Å². The summed E-state index contributed by atoms with van der Waals surface area (Å²) in [4.78, 5) is 3.86. The molecule has 82 valence electrons. The van der Waals surface area contributed by atoms with Crippen LogP contribution in [0.3, 0.4) is 0 Å². The number of benzene rings is 1. The van der Waals surface area contributed by atoms with Gasteiger partial charge < -0.3 is 10.5 Å². The largest absolute Gasteiger partial charge is 0.456 e. The first-order chi connectivity index (χ1) is 7.65. The molecular weight excluding hydrogens is 231 g/mol. The standard InChI is InChI=1S/C11H8ClFN2O/c12-10-4-8(1-2-11(10)13)16-9-3-7(14)5-15-6-9/h1-6H,14H2. The van der Waals surface area contributed by atoms with Crippen molar-refractivity contribution in [2.75, 3.05) is 5.73 Å². The lowest BCUT2D eigenvalue weighted by Crippen LogP contribution is -1.90. The van der Waals surface area contributed by atoms with E-state index in [9.17, 15) is 4.39 Å². The minimum atomic E-state index is -0.486. The number of nitrogens with two attached hydrogens (primary N) is 1. The number of pyridine rings is 1. The van der Waals surface area contributed by atoms with Crippen molar-refractivity contribution in [2.24, 2.45) is 0 Å². The zero-order chi connectivity index (χ0) is 11.5. The van der Waals surface area contributed by atoms with Crippen molar-refractivity contribution < 1.29 is 9.13 Å². The fourth-order valence-corrected chi connectivity index (χ4v) is 1.34. The van der Waals surface area contributed by atoms with Crippen LogP contribution in [0.5, 0.6) is 11.5 Å². The highest BCUT2D eigenvalue weighted by Crippen LogP contribution is 2.26. The summed E-state index contributed by atoms with van der Waals surface area (Å²) < 4.78 is 18.3. The number of aromatic nitrogens is 1. The fourth-order valence-electron chi connectivity index (χ4n) is 1.17. The molecular formula is C11H8ClFN2O. The molecule has 2 rings (SSSR count). The van der Waals surface area contributed by atoms with E-state index in [4.69, 9.17) is 22.1 Å². The summed E-state index contributed by atoms with van der Waals surface area (Å²) >= 11 is 5.62. The molecule has 0 bridgehead atoms. The van der Waals surface area contributed by atoms with Crippen LogP contribution in [0.25, 0.3) is 0 Å². The SMILES string of the molecule is Nc1cncc(Oc2ccc(F)c(Cl)c2)c1. The van der Waals surface area contributed by atoms with Gasteiger partial charge in [0.2, 0.25) is 0 Å². The summed E-state index contributed by atoms with van der Waals surface area (Å²) in [5, 5.41) is 0.00867. The first kappa shape index (κ1) is 10.7. The van der Waals surface area contributed by atoms with Gasteiger partial charge in [-0.25, -0.2) is 4.39 Å². The number of hydrogen-bond donors (Lipinski definition) is 1. The molecule has 0 atom stereocenters. The molecule has 3 nitrogen and oxygen atoms in total. The number of nitrogens with zero attached hydrogens (tertiary/aromatic N) is 1. The van der Waals surface area contributed by atoms with E-state index >= 15 is 0 Å². The number of rotatable bonds is 2. The smallest absolute Gasteiger partial charge is 0.147 e. The summed E-state index contributed by atoms with van der Waals surface area (Å²) in [5.41, 5.74) is 6.03. The number of nitrogen functional groups attached to an aromatic ring is 1. The molecule has 1 aromatic heterocycles. The average molecular weight is 239 g/mol. The number of anilines is 1. The Labute approximate surface area is 96.6 Å². The number of ether oxygens (including phenoxy) is 1. The van der Waals surface area contributed by atoms with Crippen LogP contribution in [-0.2, 0) is 0 Å². The van der Waals surface area contributed by atoms with E-state index in [1.165, 1.54) is 30.6 Å². The van der Waals surface area contributed by atoms with Crippen LogP contribution >= 0.6 is 11.6 Å². The number of halogens is 2. The Bertz CT molecular complexity index is 519. The van der Waals surface area contributed by atoms with Crippen molar-refractivity contribution in [3.05, 3.63) is 47.5 Å². The highest BCUT2D eigenvalue weighted by atomic mass is 35.5. The second-order valence-corrected chi connectivity index (χ2v) is 3.54. The molecule has 0 saturated heterocycles. The van der Waals surface area contributed by atoms with Crippen molar-refractivity contribution in [2.45, 2.75) is 0 Å². The Morgan fingerprint density at radius 1 is 1.19 bits per heavy atom. The highest BCUT2D eigenvalue weighted by Gasteiger charge is 2.03. The second kappa shape index (κ2) is 4.37. The van der Waals surface area contributed by atoms with Gasteiger partial charge in [-0.1, -0.05) is 11.6 Å². The maximum Gasteiger partial charge on any atom is 0.147 e. The lowest BCUT2D eigenvalue weighted by molar-refractivity contribution is 0.478.